The number of amides is 1. The van der Waals surface area contributed by atoms with Gasteiger partial charge in [0.25, 0.3) is 0 Å². The molecule has 0 bridgehead atoms. The third-order valence-electron chi connectivity index (χ3n) is 2.91. The van der Waals surface area contributed by atoms with Crippen LogP contribution in [-0.2, 0) is 6.54 Å². The number of hydrogen-bond acceptors (Lipinski definition) is 3. The molecule has 3 N–H and O–H groups in total. The molecule has 0 aliphatic heterocycles. The second kappa shape index (κ2) is 7.01. The van der Waals surface area contributed by atoms with E-state index in [0.29, 0.717) is 12.1 Å². The minimum Gasteiger partial charge on any atom is -0.481 e. The first kappa shape index (κ1) is 14.5. The molecular weight excluding hydrogens is 264 g/mol. The Kier molecular flexibility index (Phi) is 4.84. The van der Waals surface area contributed by atoms with Crippen molar-refractivity contribution in [3.63, 3.8) is 0 Å². The molecule has 0 radical (unpaired) electrons. The van der Waals surface area contributed by atoms with Crippen LogP contribution in [0.4, 0.5) is 5.69 Å². The zero-order chi connectivity index (χ0) is 15.1. The van der Waals surface area contributed by atoms with Crippen LogP contribution in [0.5, 0.6) is 5.75 Å². The average molecular weight is 280 g/mol. The van der Waals surface area contributed by atoms with Crippen LogP contribution < -0.4 is 15.8 Å². The van der Waals surface area contributed by atoms with Gasteiger partial charge in [-0.2, -0.15) is 0 Å². The Morgan fingerprint density at radius 2 is 2.05 bits per heavy atom. The lowest BCUT2D eigenvalue weighted by Gasteiger charge is -2.11. The van der Waals surface area contributed by atoms with Gasteiger partial charge in [0.1, 0.15) is 12.4 Å². The quantitative estimate of drug-likeness (QED) is 0.799. The molecule has 2 rings (SSSR count). The molecule has 21 heavy (non-hydrogen) atoms. The SMILES string of the molecule is C#CCOc1ccccc1CNc1cccc(C(N)=O)c1. The number of anilines is 1. The van der Waals surface area contributed by atoms with Crippen LogP contribution in [0.2, 0.25) is 0 Å². The van der Waals surface area contributed by atoms with Crippen molar-refractivity contribution in [1.82, 2.24) is 0 Å². The van der Waals surface area contributed by atoms with Gasteiger partial charge in [0, 0.05) is 23.4 Å². The fourth-order valence-corrected chi connectivity index (χ4v) is 1.89. The van der Waals surface area contributed by atoms with E-state index in [4.69, 9.17) is 16.9 Å². The lowest BCUT2D eigenvalue weighted by molar-refractivity contribution is 0.100. The van der Waals surface area contributed by atoms with Gasteiger partial charge in [0.2, 0.25) is 5.91 Å². The summed E-state index contributed by atoms with van der Waals surface area (Å²) >= 11 is 0. The normalized spacial score (nSPS) is 9.67. The Morgan fingerprint density at radius 1 is 1.24 bits per heavy atom. The first-order valence-corrected chi connectivity index (χ1v) is 6.48. The molecule has 0 aromatic heterocycles. The summed E-state index contributed by atoms with van der Waals surface area (Å²) in [6.07, 6.45) is 5.20. The van der Waals surface area contributed by atoms with Crippen LogP contribution in [0.3, 0.4) is 0 Å². The monoisotopic (exact) mass is 280 g/mol. The van der Waals surface area contributed by atoms with Gasteiger partial charge in [0.15, 0.2) is 0 Å². The van der Waals surface area contributed by atoms with Crippen LogP contribution in [0.25, 0.3) is 0 Å². The number of rotatable bonds is 6. The standard InChI is InChI=1S/C17H16N2O2/c1-2-10-21-16-9-4-3-6-14(16)12-19-15-8-5-7-13(11-15)17(18)20/h1,3-9,11,19H,10,12H2,(H2,18,20). The Bertz CT molecular complexity index is 674. The number of carbonyl (C=O) groups excluding carboxylic acids is 1. The molecule has 4 heteroatoms. The molecule has 1 amide bonds. The van der Waals surface area contributed by atoms with Crippen molar-refractivity contribution in [3.8, 4) is 18.1 Å². The molecule has 0 saturated carbocycles. The van der Waals surface area contributed by atoms with E-state index in [1.165, 1.54) is 0 Å². The topological polar surface area (TPSA) is 64.3 Å². The van der Waals surface area contributed by atoms with Crippen molar-refractivity contribution in [1.29, 1.82) is 0 Å². The van der Waals surface area contributed by atoms with E-state index in [2.05, 4.69) is 11.2 Å². The molecule has 0 fully saturated rings. The summed E-state index contributed by atoms with van der Waals surface area (Å²) < 4.78 is 5.49. The smallest absolute Gasteiger partial charge is 0.248 e. The maximum absolute atomic E-state index is 11.2. The van der Waals surface area contributed by atoms with Gasteiger partial charge in [0.05, 0.1) is 0 Å². The number of nitrogens with two attached hydrogens (primary N) is 1. The van der Waals surface area contributed by atoms with E-state index >= 15 is 0 Å². The van der Waals surface area contributed by atoms with E-state index in [0.717, 1.165) is 17.0 Å². The van der Waals surface area contributed by atoms with Crippen molar-refractivity contribution >= 4 is 11.6 Å². The average Bonchev–Trinajstić information content (AvgIpc) is 2.52. The number of ether oxygens (including phenoxy) is 1. The molecule has 2 aromatic rings. The zero-order valence-electron chi connectivity index (χ0n) is 11.5. The van der Waals surface area contributed by atoms with Crippen LogP contribution in [0, 0.1) is 12.3 Å². The molecule has 0 unspecified atom stereocenters. The van der Waals surface area contributed by atoms with E-state index in [-0.39, 0.29) is 6.61 Å². The Balaban J connectivity index is 2.08. The Morgan fingerprint density at radius 3 is 2.81 bits per heavy atom. The third kappa shape index (κ3) is 4.02. The summed E-state index contributed by atoms with van der Waals surface area (Å²) in [5, 5.41) is 3.23. The van der Waals surface area contributed by atoms with E-state index < -0.39 is 5.91 Å². The molecule has 2 aromatic carbocycles. The largest absolute Gasteiger partial charge is 0.481 e. The van der Waals surface area contributed by atoms with Gasteiger partial charge < -0.3 is 15.8 Å². The van der Waals surface area contributed by atoms with Gasteiger partial charge in [-0.3, -0.25) is 4.79 Å². The summed E-state index contributed by atoms with van der Waals surface area (Å²) in [5.41, 5.74) is 7.53. The number of primary amides is 1. The first-order chi connectivity index (χ1) is 10.2. The number of nitrogens with one attached hydrogen (secondary N) is 1. The van der Waals surface area contributed by atoms with E-state index in [1.807, 2.05) is 30.3 Å². The summed E-state index contributed by atoms with van der Waals surface area (Å²) in [6, 6.07) is 14.7. The lowest BCUT2D eigenvalue weighted by atomic mass is 10.1. The maximum Gasteiger partial charge on any atom is 0.248 e. The zero-order valence-corrected chi connectivity index (χ0v) is 11.5. The second-order valence-corrected chi connectivity index (χ2v) is 4.40. The minimum atomic E-state index is -0.448. The van der Waals surface area contributed by atoms with Gasteiger partial charge in [-0.05, 0) is 24.3 Å². The van der Waals surface area contributed by atoms with Crippen LogP contribution in [0.1, 0.15) is 15.9 Å². The van der Waals surface area contributed by atoms with Crippen molar-refractivity contribution in [2.45, 2.75) is 6.54 Å². The minimum absolute atomic E-state index is 0.230. The number of para-hydroxylation sites is 1. The van der Waals surface area contributed by atoms with Crippen molar-refractivity contribution in [2.75, 3.05) is 11.9 Å². The molecule has 0 saturated heterocycles. The van der Waals surface area contributed by atoms with Crippen LogP contribution >= 0.6 is 0 Å². The first-order valence-electron chi connectivity index (χ1n) is 6.48. The van der Waals surface area contributed by atoms with Gasteiger partial charge in [-0.15, -0.1) is 6.42 Å². The van der Waals surface area contributed by atoms with Crippen LogP contribution in [-0.4, -0.2) is 12.5 Å². The molecule has 106 valence electrons. The number of hydrogen-bond donors (Lipinski definition) is 2. The highest BCUT2D eigenvalue weighted by molar-refractivity contribution is 5.93. The fraction of sp³-hybridized carbons (Fsp3) is 0.118. The Hall–Kier alpha value is -2.93. The second-order valence-electron chi connectivity index (χ2n) is 4.40. The highest BCUT2D eigenvalue weighted by Crippen LogP contribution is 2.20. The highest BCUT2D eigenvalue weighted by Gasteiger charge is 2.04. The predicted molar refractivity (Wildman–Crippen MR) is 83.1 cm³/mol. The summed E-state index contributed by atoms with van der Waals surface area (Å²) in [6.45, 7) is 0.789. The van der Waals surface area contributed by atoms with Gasteiger partial charge in [-0.25, -0.2) is 0 Å². The summed E-state index contributed by atoms with van der Waals surface area (Å²) in [4.78, 5) is 11.2. The number of carbonyl (C=O) groups is 1. The van der Waals surface area contributed by atoms with Crippen molar-refractivity contribution in [3.05, 3.63) is 59.7 Å². The molecule has 0 spiro atoms. The molecule has 0 heterocycles. The van der Waals surface area contributed by atoms with E-state index in [1.54, 1.807) is 18.2 Å². The summed E-state index contributed by atoms with van der Waals surface area (Å²) in [7, 11) is 0. The summed E-state index contributed by atoms with van der Waals surface area (Å²) in [5.74, 6) is 2.74. The lowest BCUT2D eigenvalue weighted by Crippen LogP contribution is -2.11. The van der Waals surface area contributed by atoms with Crippen LogP contribution in [0.15, 0.2) is 48.5 Å². The molecule has 0 aliphatic rings. The van der Waals surface area contributed by atoms with E-state index in [9.17, 15) is 4.79 Å². The highest BCUT2D eigenvalue weighted by atomic mass is 16.5. The van der Waals surface area contributed by atoms with Crippen molar-refractivity contribution < 1.29 is 9.53 Å². The predicted octanol–water partition coefficient (Wildman–Crippen LogP) is 2.41. The Labute approximate surface area is 123 Å². The number of terminal acetylenes is 1. The maximum atomic E-state index is 11.2. The fourth-order valence-electron chi connectivity index (χ4n) is 1.89. The van der Waals surface area contributed by atoms with Crippen molar-refractivity contribution in [2.24, 2.45) is 5.73 Å². The molecule has 0 aliphatic carbocycles. The number of benzene rings is 2. The molecule has 0 atom stereocenters. The molecule has 4 nitrogen and oxygen atoms in total. The third-order valence-corrected chi connectivity index (χ3v) is 2.91. The molecular formula is C17H16N2O2. The van der Waals surface area contributed by atoms with Gasteiger partial charge in [-0.1, -0.05) is 30.2 Å². The van der Waals surface area contributed by atoms with Gasteiger partial charge >= 0.3 is 0 Å².